The molecule has 0 spiro atoms. The van der Waals surface area contributed by atoms with Gasteiger partial charge >= 0.3 is 6.03 Å². The number of nitro groups is 1. The fourth-order valence-corrected chi connectivity index (χ4v) is 1.84. The van der Waals surface area contributed by atoms with Gasteiger partial charge in [-0.05, 0) is 31.4 Å². The monoisotopic (exact) mass is 269 g/mol. The zero-order chi connectivity index (χ0) is 13.1. The summed E-state index contributed by atoms with van der Waals surface area (Å²) in [6.45, 7) is 0. The summed E-state index contributed by atoms with van der Waals surface area (Å²) in [4.78, 5) is 21.8. The van der Waals surface area contributed by atoms with Gasteiger partial charge in [0.2, 0.25) is 0 Å². The second-order valence-electron chi connectivity index (χ2n) is 4.14. The first kappa shape index (κ1) is 12.6. The molecule has 0 heterocycles. The third-order valence-electron chi connectivity index (χ3n) is 2.84. The van der Waals surface area contributed by atoms with Gasteiger partial charge in [0.05, 0.1) is 4.92 Å². The van der Waals surface area contributed by atoms with Crippen molar-refractivity contribution in [2.24, 2.45) is 0 Å². The van der Waals surface area contributed by atoms with E-state index >= 15 is 0 Å². The number of nitro benzene ring substituents is 1. The molecule has 1 fully saturated rings. The summed E-state index contributed by atoms with van der Waals surface area (Å²) >= 11 is 5.75. The number of benzene rings is 1. The Bertz CT molecular complexity index is 488. The fraction of sp³-hybridized carbons (Fsp3) is 0.364. The highest BCUT2D eigenvalue weighted by molar-refractivity contribution is 6.31. The lowest BCUT2D eigenvalue weighted by Gasteiger charge is -2.26. The van der Waals surface area contributed by atoms with Crippen LogP contribution in [0, 0.1) is 10.1 Å². The van der Waals surface area contributed by atoms with Crippen LogP contribution in [0.4, 0.5) is 16.2 Å². The van der Waals surface area contributed by atoms with Crippen LogP contribution in [-0.2, 0) is 0 Å². The second-order valence-corrected chi connectivity index (χ2v) is 4.58. The number of carbonyl (C=O) groups excluding carboxylic acids is 1. The molecule has 0 aromatic heterocycles. The number of hydrogen-bond donors (Lipinski definition) is 2. The van der Waals surface area contributed by atoms with Crippen molar-refractivity contribution >= 4 is 29.0 Å². The minimum Gasteiger partial charge on any atom is -0.335 e. The van der Waals surface area contributed by atoms with E-state index in [1.54, 1.807) is 0 Å². The Morgan fingerprint density at radius 3 is 2.72 bits per heavy atom. The number of rotatable bonds is 3. The van der Waals surface area contributed by atoms with Gasteiger partial charge in [-0.25, -0.2) is 4.79 Å². The van der Waals surface area contributed by atoms with Crippen LogP contribution in [0.3, 0.4) is 0 Å². The Morgan fingerprint density at radius 2 is 2.17 bits per heavy atom. The highest BCUT2D eigenvalue weighted by atomic mass is 35.5. The lowest BCUT2D eigenvalue weighted by molar-refractivity contribution is -0.383. The summed E-state index contributed by atoms with van der Waals surface area (Å²) in [6, 6.07) is 3.77. The standard InChI is InChI=1S/C11H12ClN3O3/c12-7-4-5-10(15(17)18)9(6-7)14-11(16)13-8-2-1-3-8/h4-6,8H,1-3H2,(H2,13,14,16). The molecule has 96 valence electrons. The van der Waals surface area contributed by atoms with E-state index in [2.05, 4.69) is 10.6 Å². The van der Waals surface area contributed by atoms with Gasteiger partial charge in [-0.1, -0.05) is 11.6 Å². The maximum atomic E-state index is 11.6. The van der Waals surface area contributed by atoms with Crippen molar-refractivity contribution in [3.05, 3.63) is 33.3 Å². The molecule has 2 amide bonds. The molecule has 1 aliphatic rings. The molecule has 1 aromatic carbocycles. The van der Waals surface area contributed by atoms with E-state index in [0.717, 1.165) is 19.3 Å². The summed E-state index contributed by atoms with van der Waals surface area (Å²) in [7, 11) is 0. The lowest BCUT2D eigenvalue weighted by Crippen LogP contribution is -2.41. The van der Waals surface area contributed by atoms with Crippen molar-refractivity contribution in [1.29, 1.82) is 0 Å². The number of anilines is 1. The number of amides is 2. The smallest absolute Gasteiger partial charge is 0.319 e. The normalized spacial score (nSPS) is 14.7. The van der Waals surface area contributed by atoms with Crippen LogP contribution in [-0.4, -0.2) is 17.0 Å². The average Bonchev–Trinajstić information content (AvgIpc) is 2.23. The first-order valence-electron chi connectivity index (χ1n) is 5.58. The van der Waals surface area contributed by atoms with Crippen LogP contribution in [0.5, 0.6) is 0 Å². The van der Waals surface area contributed by atoms with E-state index in [9.17, 15) is 14.9 Å². The third-order valence-corrected chi connectivity index (χ3v) is 3.08. The number of nitrogens with one attached hydrogen (secondary N) is 2. The Morgan fingerprint density at radius 1 is 1.44 bits per heavy atom. The number of halogens is 1. The van der Waals surface area contributed by atoms with Gasteiger partial charge in [-0.3, -0.25) is 10.1 Å². The zero-order valence-electron chi connectivity index (χ0n) is 9.48. The van der Waals surface area contributed by atoms with E-state index in [1.807, 2.05) is 0 Å². The molecule has 1 saturated carbocycles. The van der Waals surface area contributed by atoms with Crippen molar-refractivity contribution in [3.63, 3.8) is 0 Å². The summed E-state index contributed by atoms with van der Waals surface area (Å²) in [6.07, 6.45) is 3.00. The largest absolute Gasteiger partial charge is 0.335 e. The SMILES string of the molecule is O=C(Nc1cc(Cl)ccc1[N+](=O)[O-])NC1CCC1. The minimum absolute atomic E-state index is 0.101. The number of hydrogen-bond acceptors (Lipinski definition) is 3. The Kier molecular flexibility index (Phi) is 3.66. The molecule has 0 atom stereocenters. The number of carbonyl (C=O) groups is 1. The van der Waals surface area contributed by atoms with E-state index in [0.29, 0.717) is 5.02 Å². The molecule has 0 radical (unpaired) electrons. The molecular formula is C11H12ClN3O3. The summed E-state index contributed by atoms with van der Waals surface area (Å²) in [5.41, 5.74) is -0.0764. The summed E-state index contributed by atoms with van der Waals surface area (Å²) in [5.74, 6) is 0. The van der Waals surface area contributed by atoms with Gasteiger partial charge < -0.3 is 10.6 Å². The maximum absolute atomic E-state index is 11.6. The van der Waals surface area contributed by atoms with E-state index < -0.39 is 11.0 Å². The van der Waals surface area contributed by atoms with Crippen LogP contribution in [0.1, 0.15) is 19.3 Å². The molecular weight excluding hydrogens is 258 g/mol. The second kappa shape index (κ2) is 5.22. The molecule has 0 unspecified atom stereocenters. The van der Waals surface area contributed by atoms with Gasteiger partial charge in [0, 0.05) is 17.1 Å². The van der Waals surface area contributed by atoms with Crippen LogP contribution < -0.4 is 10.6 Å². The zero-order valence-corrected chi connectivity index (χ0v) is 10.2. The van der Waals surface area contributed by atoms with Crippen LogP contribution in [0.25, 0.3) is 0 Å². The first-order valence-corrected chi connectivity index (χ1v) is 5.95. The van der Waals surface area contributed by atoms with E-state index in [1.165, 1.54) is 18.2 Å². The van der Waals surface area contributed by atoms with E-state index in [-0.39, 0.29) is 17.4 Å². The topological polar surface area (TPSA) is 84.3 Å². The quantitative estimate of drug-likeness (QED) is 0.653. The van der Waals surface area contributed by atoms with Crippen molar-refractivity contribution in [3.8, 4) is 0 Å². The molecule has 2 N–H and O–H groups in total. The van der Waals surface area contributed by atoms with Crippen molar-refractivity contribution < 1.29 is 9.72 Å². The Labute approximate surface area is 108 Å². The summed E-state index contributed by atoms with van der Waals surface area (Å²) in [5, 5.41) is 16.3. The van der Waals surface area contributed by atoms with E-state index in [4.69, 9.17) is 11.6 Å². The van der Waals surface area contributed by atoms with Gasteiger partial charge in [-0.15, -0.1) is 0 Å². The minimum atomic E-state index is -0.560. The molecule has 2 rings (SSSR count). The maximum Gasteiger partial charge on any atom is 0.319 e. The molecule has 1 aromatic rings. The summed E-state index contributed by atoms with van der Waals surface area (Å²) < 4.78 is 0. The molecule has 0 aliphatic heterocycles. The van der Waals surface area contributed by atoms with Gasteiger partial charge in [0.25, 0.3) is 5.69 Å². The highest BCUT2D eigenvalue weighted by Crippen LogP contribution is 2.27. The predicted molar refractivity (Wildman–Crippen MR) is 67.9 cm³/mol. The molecule has 7 heteroatoms. The number of nitrogens with zero attached hydrogens (tertiary/aromatic N) is 1. The third kappa shape index (κ3) is 2.89. The highest BCUT2D eigenvalue weighted by Gasteiger charge is 2.21. The molecule has 1 aliphatic carbocycles. The van der Waals surface area contributed by atoms with Gasteiger partial charge in [0.1, 0.15) is 5.69 Å². The molecule has 6 nitrogen and oxygen atoms in total. The lowest BCUT2D eigenvalue weighted by atomic mass is 9.93. The fourth-order valence-electron chi connectivity index (χ4n) is 1.66. The van der Waals surface area contributed by atoms with Crippen LogP contribution in [0.2, 0.25) is 5.02 Å². The van der Waals surface area contributed by atoms with Crippen molar-refractivity contribution in [1.82, 2.24) is 5.32 Å². The predicted octanol–water partition coefficient (Wildman–Crippen LogP) is 2.92. The average molecular weight is 270 g/mol. The van der Waals surface area contributed by atoms with Gasteiger partial charge in [-0.2, -0.15) is 0 Å². The molecule has 0 saturated heterocycles. The molecule has 0 bridgehead atoms. The first-order chi connectivity index (χ1) is 8.56. The van der Waals surface area contributed by atoms with Gasteiger partial charge in [0.15, 0.2) is 0 Å². The Balaban J connectivity index is 2.08. The van der Waals surface area contributed by atoms with Crippen LogP contribution >= 0.6 is 11.6 Å². The number of urea groups is 1. The van der Waals surface area contributed by atoms with Crippen molar-refractivity contribution in [2.45, 2.75) is 25.3 Å². The van der Waals surface area contributed by atoms with Crippen molar-refractivity contribution in [2.75, 3.05) is 5.32 Å². The molecule has 18 heavy (non-hydrogen) atoms. The van der Waals surface area contributed by atoms with Crippen LogP contribution in [0.15, 0.2) is 18.2 Å². The Hall–Kier alpha value is -1.82.